The van der Waals surface area contributed by atoms with Gasteiger partial charge in [0.1, 0.15) is 17.3 Å². The van der Waals surface area contributed by atoms with Gasteiger partial charge in [0.25, 0.3) is 5.91 Å². The molecule has 1 unspecified atom stereocenters. The van der Waals surface area contributed by atoms with Crippen LogP contribution in [0.2, 0.25) is 0 Å². The molecule has 6 heteroatoms. The summed E-state index contributed by atoms with van der Waals surface area (Å²) in [6, 6.07) is 15.4. The van der Waals surface area contributed by atoms with Gasteiger partial charge in [0.15, 0.2) is 0 Å². The van der Waals surface area contributed by atoms with Crippen molar-refractivity contribution in [3.63, 3.8) is 0 Å². The monoisotopic (exact) mass is 352 g/mol. The van der Waals surface area contributed by atoms with Gasteiger partial charge in [0.2, 0.25) is 5.76 Å². The van der Waals surface area contributed by atoms with Crippen LogP contribution < -0.4 is 10.1 Å². The maximum Gasteiger partial charge on any atom is 0.289 e. The lowest BCUT2D eigenvalue weighted by molar-refractivity contribution is 0.0902. The summed E-state index contributed by atoms with van der Waals surface area (Å²) in [6.07, 6.45) is 0.849. The Bertz CT molecular complexity index is 938. The number of carbonyl (C=O) groups excluding carboxylic acids is 1. The molecule has 26 heavy (non-hydrogen) atoms. The number of ether oxygens (including phenoxy) is 1. The third-order valence-electron chi connectivity index (χ3n) is 4.36. The summed E-state index contributed by atoms with van der Waals surface area (Å²) in [5.41, 5.74) is 2.13. The SMILES string of the molecule is O=C(NCC1COc2ccccc2C1)c1cc(-c2cccc(F)c2)no1. The van der Waals surface area contributed by atoms with Crippen LogP contribution in [0.5, 0.6) is 5.75 Å². The van der Waals surface area contributed by atoms with Crippen molar-refractivity contribution in [3.05, 3.63) is 71.7 Å². The summed E-state index contributed by atoms with van der Waals surface area (Å²) >= 11 is 0. The molecule has 1 amide bonds. The molecule has 1 aromatic heterocycles. The van der Waals surface area contributed by atoms with Gasteiger partial charge in [-0.25, -0.2) is 4.39 Å². The van der Waals surface area contributed by atoms with Gasteiger partial charge in [-0.3, -0.25) is 4.79 Å². The zero-order valence-electron chi connectivity index (χ0n) is 13.9. The van der Waals surface area contributed by atoms with E-state index in [-0.39, 0.29) is 23.4 Å². The van der Waals surface area contributed by atoms with Crippen LogP contribution in [-0.2, 0) is 6.42 Å². The minimum atomic E-state index is -0.367. The number of carbonyl (C=O) groups is 1. The predicted octanol–water partition coefficient (Wildman–Crippen LogP) is 3.46. The van der Waals surface area contributed by atoms with Gasteiger partial charge < -0.3 is 14.6 Å². The number of nitrogens with zero attached hydrogens (tertiary/aromatic N) is 1. The van der Waals surface area contributed by atoms with Crippen molar-refractivity contribution in [1.82, 2.24) is 10.5 Å². The van der Waals surface area contributed by atoms with Gasteiger partial charge in [-0.15, -0.1) is 0 Å². The van der Waals surface area contributed by atoms with E-state index in [0.717, 1.165) is 17.7 Å². The molecule has 0 aliphatic carbocycles. The quantitative estimate of drug-likeness (QED) is 0.781. The number of halogens is 1. The molecule has 2 aromatic carbocycles. The number of rotatable bonds is 4. The molecule has 5 nitrogen and oxygen atoms in total. The Hall–Kier alpha value is -3.15. The van der Waals surface area contributed by atoms with Crippen LogP contribution in [0.15, 0.2) is 59.1 Å². The fourth-order valence-electron chi connectivity index (χ4n) is 3.01. The van der Waals surface area contributed by atoms with E-state index in [1.807, 2.05) is 24.3 Å². The van der Waals surface area contributed by atoms with Crippen LogP contribution in [0, 0.1) is 11.7 Å². The molecule has 0 bridgehead atoms. The topological polar surface area (TPSA) is 64.4 Å². The van der Waals surface area contributed by atoms with Gasteiger partial charge in [0.05, 0.1) is 6.61 Å². The van der Waals surface area contributed by atoms with E-state index in [2.05, 4.69) is 10.5 Å². The van der Waals surface area contributed by atoms with Crippen LogP contribution in [0.4, 0.5) is 4.39 Å². The summed E-state index contributed by atoms with van der Waals surface area (Å²) in [5.74, 6) is 0.485. The molecule has 0 saturated carbocycles. The highest BCUT2D eigenvalue weighted by atomic mass is 19.1. The molecule has 0 fully saturated rings. The number of fused-ring (bicyclic) bond motifs is 1. The van der Waals surface area contributed by atoms with E-state index in [4.69, 9.17) is 9.26 Å². The molecule has 1 N–H and O–H groups in total. The largest absolute Gasteiger partial charge is 0.493 e. The zero-order chi connectivity index (χ0) is 17.9. The Balaban J connectivity index is 1.37. The minimum Gasteiger partial charge on any atom is -0.493 e. The average molecular weight is 352 g/mol. The van der Waals surface area contributed by atoms with Gasteiger partial charge in [-0.05, 0) is 30.2 Å². The van der Waals surface area contributed by atoms with E-state index >= 15 is 0 Å². The Morgan fingerprint density at radius 2 is 2.08 bits per heavy atom. The first-order valence-electron chi connectivity index (χ1n) is 8.40. The fraction of sp³-hybridized carbons (Fsp3) is 0.200. The summed E-state index contributed by atoms with van der Waals surface area (Å²) in [6.45, 7) is 1.03. The molecule has 132 valence electrons. The smallest absolute Gasteiger partial charge is 0.289 e. The van der Waals surface area contributed by atoms with Crippen LogP contribution >= 0.6 is 0 Å². The summed E-state index contributed by atoms with van der Waals surface area (Å²) in [5, 5.41) is 6.69. The Morgan fingerprint density at radius 3 is 2.96 bits per heavy atom. The number of amides is 1. The molecule has 3 aromatic rings. The van der Waals surface area contributed by atoms with Gasteiger partial charge >= 0.3 is 0 Å². The molecule has 0 radical (unpaired) electrons. The summed E-state index contributed by atoms with van der Waals surface area (Å²) < 4.78 is 24.1. The maximum atomic E-state index is 13.3. The first-order chi connectivity index (χ1) is 12.7. The van der Waals surface area contributed by atoms with Crippen LogP contribution in [-0.4, -0.2) is 24.2 Å². The normalized spacial score (nSPS) is 15.8. The van der Waals surface area contributed by atoms with Gasteiger partial charge in [-0.2, -0.15) is 0 Å². The molecule has 1 atom stereocenters. The van der Waals surface area contributed by atoms with Crippen LogP contribution in [0.3, 0.4) is 0 Å². The number of aromatic nitrogens is 1. The molecule has 0 spiro atoms. The van der Waals surface area contributed by atoms with E-state index in [1.54, 1.807) is 12.1 Å². The van der Waals surface area contributed by atoms with Crippen molar-refractivity contribution in [1.29, 1.82) is 0 Å². The number of benzene rings is 2. The molecule has 0 saturated heterocycles. The Labute approximate surface area is 149 Å². The number of nitrogens with one attached hydrogen (secondary N) is 1. The standard InChI is InChI=1S/C20H17FN2O3/c21-16-6-3-5-14(9-16)17-10-19(26-23-17)20(24)22-11-13-8-15-4-1-2-7-18(15)25-12-13/h1-7,9-10,13H,8,11-12H2,(H,22,24). The second kappa shape index (κ2) is 7.00. The molecule has 2 heterocycles. The molecule has 1 aliphatic heterocycles. The summed E-state index contributed by atoms with van der Waals surface area (Å²) in [7, 11) is 0. The molecular formula is C20H17FN2O3. The summed E-state index contributed by atoms with van der Waals surface area (Å²) in [4.78, 5) is 12.3. The lowest BCUT2D eigenvalue weighted by Gasteiger charge is -2.25. The maximum absolute atomic E-state index is 13.3. The molecular weight excluding hydrogens is 335 g/mol. The number of para-hydroxylation sites is 1. The van der Waals surface area contributed by atoms with E-state index < -0.39 is 0 Å². The highest BCUT2D eigenvalue weighted by Gasteiger charge is 2.21. The zero-order valence-corrected chi connectivity index (χ0v) is 13.9. The Morgan fingerprint density at radius 1 is 1.19 bits per heavy atom. The van der Waals surface area contributed by atoms with Gasteiger partial charge in [0, 0.05) is 24.1 Å². The highest BCUT2D eigenvalue weighted by Crippen LogP contribution is 2.26. The Kier molecular flexibility index (Phi) is 4.39. The van der Waals surface area contributed by atoms with Crippen molar-refractivity contribution in [2.24, 2.45) is 5.92 Å². The van der Waals surface area contributed by atoms with E-state index in [1.165, 1.54) is 18.2 Å². The van der Waals surface area contributed by atoms with Crippen molar-refractivity contribution in [2.45, 2.75) is 6.42 Å². The average Bonchev–Trinajstić information content (AvgIpc) is 3.16. The van der Waals surface area contributed by atoms with Crippen molar-refractivity contribution in [2.75, 3.05) is 13.2 Å². The van der Waals surface area contributed by atoms with E-state index in [9.17, 15) is 9.18 Å². The van der Waals surface area contributed by atoms with Gasteiger partial charge in [-0.1, -0.05) is 35.5 Å². The third-order valence-corrected chi connectivity index (χ3v) is 4.36. The first-order valence-corrected chi connectivity index (χ1v) is 8.40. The lowest BCUT2D eigenvalue weighted by atomic mass is 9.97. The van der Waals surface area contributed by atoms with Crippen LogP contribution in [0.1, 0.15) is 16.1 Å². The van der Waals surface area contributed by atoms with Crippen molar-refractivity contribution < 1.29 is 18.4 Å². The fourth-order valence-corrected chi connectivity index (χ4v) is 3.01. The van der Waals surface area contributed by atoms with E-state index in [0.29, 0.717) is 24.4 Å². The minimum absolute atomic E-state index is 0.0985. The second-order valence-corrected chi connectivity index (χ2v) is 6.29. The lowest BCUT2D eigenvalue weighted by Crippen LogP contribution is -2.34. The third kappa shape index (κ3) is 3.44. The molecule has 1 aliphatic rings. The highest BCUT2D eigenvalue weighted by molar-refractivity contribution is 5.92. The predicted molar refractivity (Wildman–Crippen MR) is 93.4 cm³/mol. The first kappa shape index (κ1) is 16.3. The second-order valence-electron chi connectivity index (χ2n) is 6.29. The number of hydrogen-bond acceptors (Lipinski definition) is 4. The van der Waals surface area contributed by atoms with Crippen molar-refractivity contribution in [3.8, 4) is 17.0 Å². The number of hydrogen-bond donors (Lipinski definition) is 1. The van der Waals surface area contributed by atoms with Crippen molar-refractivity contribution >= 4 is 5.91 Å². The van der Waals surface area contributed by atoms with Crippen LogP contribution in [0.25, 0.3) is 11.3 Å². The molecule has 4 rings (SSSR count).